The molecule has 0 heterocycles. The summed E-state index contributed by atoms with van der Waals surface area (Å²) in [4.78, 5) is 23.8. The molecule has 0 aliphatic heterocycles. The predicted octanol–water partition coefficient (Wildman–Crippen LogP) is 4.10. The molecule has 114 valence electrons. The normalized spacial score (nSPS) is 10.3. The van der Waals surface area contributed by atoms with E-state index in [1.807, 2.05) is 19.1 Å². The molecular weight excluding hydrogens is 302 g/mol. The molecule has 0 N–H and O–H groups in total. The van der Waals surface area contributed by atoms with Crippen molar-refractivity contribution in [3.05, 3.63) is 63.7 Å². The van der Waals surface area contributed by atoms with Crippen LogP contribution in [0.3, 0.4) is 0 Å². The van der Waals surface area contributed by atoms with Crippen molar-refractivity contribution in [1.82, 2.24) is 0 Å². The molecular formula is C16H15NO4S. The van der Waals surface area contributed by atoms with E-state index < -0.39 is 4.92 Å². The van der Waals surface area contributed by atoms with Crippen molar-refractivity contribution < 1.29 is 14.5 Å². The number of nitrogens with zero attached hydrogens (tertiary/aromatic N) is 1. The summed E-state index contributed by atoms with van der Waals surface area (Å²) in [6.07, 6.45) is 0.713. The highest BCUT2D eigenvalue weighted by Gasteiger charge is 2.11. The maximum Gasteiger partial charge on any atom is 0.337 e. The Bertz CT molecular complexity index is 698. The van der Waals surface area contributed by atoms with Crippen LogP contribution in [0.1, 0.15) is 22.8 Å². The van der Waals surface area contributed by atoms with E-state index in [2.05, 4.69) is 4.74 Å². The highest BCUT2D eigenvalue weighted by atomic mass is 32.2. The van der Waals surface area contributed by atoms with Crippen LogP contribution in [-0.4, -0.2) is 18.0 Å². The van der Waals surface area contributed by atoms with Crippen molar-refractivity contribution >= 4 is 23.4 Å². The van der Waals surface area contributed by atoms with E-state index in [4.69, 9.17) is 0 Å². The minimum absolute atomic E-state index is 0.0993. The van der Waals surface area contributed by atoms with Gasteiger partial charge in [0, 0.05) is 21.9 Å². The van der Waals surface area contributed by atoms with Crippen LogP contribution in [0.25, 0.3) is 0 Å². The number of carbonyl (C=O) groups is 1. The van der Waals surface area contributed by atoms with Crippen molar-refractivity contribution in [2.75, 3.05) is 7.11 Å². The summed E-state index contributed by atoms with van der Waals surface area (Å²) in [5, 5.41) is 10.8. The molecule has 0 aliphatic carbocycles. The van der Waals surface area contributed by atoms with Gasteiger partial charge >= 0.3 is 5.97 Å². The molecule has 0 saturated carbocycles. The van der Waals surface area contributed by atoms with Gasteiger partial charge in [-0.2, -0.15) is 0 Å². The lowest BCUT2D eigenvalue weighted by Crippen LogP contribution is -2.00. The molecule has 0 bridgehead atoms. The number of esters is 1. The molecule has 0 saturated heterocycles. The van der Waals surface area contributed by atoms with Crippen LogP contribution in [0.4, 0.5) is 5.69 Å². The molecule has 2 aromatic rings. The van der Waals surface area contributed by atoms with Gasteiger partial charge in [-0.1, -0.05) is 18.7 Å². The molecule has 0 unspecified atom stereocenters. The molecule has 0 fully saturated rings. The Kier molecular flexibility index (Phi) is 5.16. The Morgan fingerprint density at radius 1 is 1.23 bits per heavy atom. The van der Waals surface area contributed by atoms with Gasteiger partial charge in [0.1, 0.15) is 0 Å². The fourth-order valence-electron chi connectivity index (χ4n) is 1.96. The largest absolute Gasteiger partial charge is 0.465 e. The highest BCUT2D eigenvalue weighted by Crippen LogP contribution is 2.33. The van der Waals surface area contributed by atoms with Gasteiger partial charge in [-0.05, 0) is 42.3 Å². The lowest BCUT2D eigenvalue weighted by atomic mass is 10.1. The Morgan fingerprint density at radius 2 is 1.91 bits per heavy atom. The summed E-state index contributed by atoms with van der Waals surface area (Å²) in [6.45, 7) is 1.96. The number of benzene rings is 2. The third-order valence-electron chi connectivity index (χ3n) is 3.14. The SMILES string of the molecule is CCc1cc([N+](=O)[O-])ccc1Sc1ccc(C(=O)OC)cc1. The molecule has 0 radical (unpaired) electrons. The number of methoxy groups -OCH3 is 1. The standard InChI is InChI=1S/C16H15NO4S/c1-3-11-10-13(17(19)20)6-9-15(11)22-14-7-4-12(5-8-14)16(18)21-2/h4-10H,3H2,1-2H3. The second-order valence-corrected chi connectivity index (χ2v) is 5.64. The summed E-state index contributed by atoms with van der Waals surface area (Å²) in [5.74, 6) is -0.374. The number of ether oxygens (including phenoxy) is 1. The summed E-state index contributed by atoms with van der Waals surface area (Å²) in [6, 6.07) is 11.9. The molecule has 0 aliphatic rings. The van der Waals surface area contributed by atoms with Gasteiger partial charge in [0.05, 0.1) is 17.6 Å². The molecule has 0 spiro atoms. The third kappa shape index (κ3) is 3.65. The van der Waals surface area contributed by atoms with Gasteiger partial charge in [-0.25, -0.2) is 4.79 Å². The number of nitro groups is 1. The van der Waals surface area contributed by atoms with Crippen LogP contribution in [0.2, 0.25) is 0 Å². The first-order chi connectivity index (χ1) is 10.5. The molecule has 0 atom stereocenters. The van der Waals surface area contributed by atoms with Crippen molar-refractivity contribution in [3.63, 3.8) is 0 Å². The Labute approximate surface area is 132 Å². The number of hydrogen-bond donors (Lipinski definition) is 0. The summed E-state index contributed by atoms with van der Waals surface area (Å²) in [5.41, 5.74) is 1.52. The van der Waals surface area contributed by atoms with Crippen LogP contribution in [0, 0.1) is 10.1 Å². The monoisotopic (exact) mass is 317 g/mol. The molecule has 0 aromatic heterocycles. The minimum Gasteiger partial charge on any atom is -0.465 e. The van der Waals surface area contributed by atoms with Crippen LogP contribution >= 0.6 is 11.8 Å². The number of aryl methyl sites for hydroxylation is 1. The average Bonchev–Trinajstić information content (AvgIpc) is 2.55. The van der Waals surface area contributed by atoms with Crippen molar-refractivity contribution in [2.45, 2.75) is 23.1 Å². The van der Waals surface area contributed by atoms with Crippen LogP contribution < -0.4 is 0 Å². The number of carbonyl (C=O) groups excluding carboxylic acids is 1. The van der Waals surface area contributed by atoms with Gasteiger partial charge in [0.25, 0.3) is 5.69 Å². The Balaban J connectivity index is 2.23. The topological polar surface area (TPSA) is 69.4 Å². The van der Waals surface area contributed by atoms with Crippen LogP contribution in [0.15, 0.2) is 52.3 Å². The van der Waals surface area contributed by atoms with E-state index in [-0.39, 0.29) is 11.7 Å². The van der Waals surface area contributed by atoms with Gasteiger partial charge in [-0.15, -0.1) is 0 Å². The fraction of sp³-hybridized carbons (Fsp3) is 0.188. The number of hydrogen-bond acceptors (Lipinski definition) is 5. The highest BCUT2D eigenvalue weighted by molar-refractivity contribution is 7.99. The van der Waals surface area contributed by atoms with Gasteiger partial charge < -0.3 is 4.74 Å². The van der Waals surface area contributed by atoms with Gasteiger partial charge in [-0.3, -0.25) is 10.1 Å². The van der Waals surface area contributed by atoms with Crippen molar-refractivity contribution in [3.8, 4) is 0 Å². The van der Waals surface area contributed by atoms with E-state index in [0.717, 1.165) is 15.4 Å². The zero-order valence-corrected chi connectivity index (χ0v) is 13.1. The second-order valence-electron chi connectivity index (χ2n) is 4.52. The quantitative estimate of drug-likeness (QED) is 0.472. The summed E-state index contributed by atoms with van der Waals surface area (Å²) in [7, 11) is 1.34. The van der Waals surface area contributed by atoms with Gasteiger partial charge in [0.2, 0.25) is 0 Å². The Morgan fingerprint density at radius 3 is 2.45 bits per heavy atom. The number of rotatable bonds is 5. The van der Waals surface area contributed by atoms with Crippen LogP contribution in [-0.2, 0) is 11.2 Å². The lowest BCUT2D eigenvalue weighted by molar-refractivity contribution is -0.385. The number of nitro benzene ring substituents is 1. The molecule has 5 nitrogen and oxygen atoms in total. The van der Waals surface area contributed by atoms with E-state index >= 15 is 0 Å². The smallest absolute Gasteiger partial charge is 0.337 e. The molecule has 22 heavy (non-hydrogen) atoms. The second kappa shape index (κ2) is 7.09. The zero-order chi connectivity index (χ0) is 16.1. The van der Waals surface area contributed by atoms with Crippen molar-refractivity contribution in [1.29, 1.82) is 0 Å². The first-order valence-corrected chi connectivity index (χ1v) is 7.50. The van der Waals surface area contributed by atoms with Crippen LogP contribution in [0.5, 0.6) is 0 Å². The first-order valence-electron chi connectivity index (χ1n) is 6.68. The summed E-state index contributed by atoms with van der Waals surface area (Å²) >= 11 is 1.51. The lowest BCUT2D eigenvalue weighted by Gasteiger charge is -2.08. The minimum atomic E-state index is -0.390. The Hall–Kier alpha value is -2.34. The van der Waals surface area contributed by atoms with E-state index in [1.165, 1.54) is 24.9 Å². The molecule has 2 rings (SSSR count). The molecule has 6 heteroatoms. The maximum atomic E-state index is 11.4. The van der Waals surface area contributed by atoms with Crippen molar-refractivity contribution in [2.24, 2.45) is 0 Å². The summed E-state index contributed by atoms with van der Waals surface area (Å²) < 4.78 is 4.66. The van der Waals surface area contributed by atoms with E-state index in [1.54, 1.807) is 24.3 Å². The molecule has 2 aromatic carbocycles. The van der Waals surface area contributed by atoms with Gasteiger partial charge in [0.15, 0.2) is 0 Å². The van der Waals surface area contributed by atoms with E-state index in [9.17, 15) is 14.9 Å². The average molecular weight is 317 g/mol. The zero-order valence-electron chi connectivity index (χ0n) is 12.2. The molecule has 0 amide bonds. The van der Waals surface area contributed by atoms with E-state index in [0.29, 0.717) is 12.0 Å². The number of non-ortho nitro benzene ring substituents is 1. The third-order valence-corrected chi connectivity index (χ3v) is 4.27. The fourth-order valence-corrected chi connectivity index (χ4v) is 2.96. The predicted molar refractivity (Wildman–Crippen MR) is 84.4 cm³/mol. The maximum absolute atomic E-state index is 11.4. The first kappa shape index (κ1) is 16.0.